The SMILES string of the molecule is Cc1ccc(S(C)(=O)=O)cc1C(=O)O[C@@H](C(=O)c1ccccc1)c1ccccc1. The van der Waals surface area contributed by atoms with E-state index in [-0.39, 0.29) is 16.2 Å². The van der Waals surface area contributed by atoms with Gasteiger partial charge >= 0.3 is 5.97 Å². The molecule has 29 heavy (non-hydrogen) atoms. The molecule has 3 rings (SSSR count). The van der Waals surface area contributed by atoms with Gasteiger partial charge in [-0.2, -0.15) is 0 Å². The second-order valence-electron chi connectivity index (χ2n) is 6.68. The smallest absolute Gasteiger partial charge is 0.339 e. The quantitative estimate of drug-likeness (QED) is 0.452. The number of hydrogen-bond acceptors (Lipinski definition) is 5. The van der Waals surface area contributed by atoms with E-state index >= 15 is 0 Å². The third-order valence-electron chi connectivity index (χ3n) is 4.48. The van der Waals surface area contributed by atoms with Crippen LogP contribution in [0.3, 0.4) is 0 Å². The number of ketones is 1. The summed E-state index contributed by atoms with van der Waals surface area (Å²) < 4.78 is 29.3. The minimum atomic E-state index is -3.49. The molecule has 148 valence electrons. The van der Waals surface area contributed by atoms with E-state index in [9.17, 15) is 18.0 Å². The van der Waals surface area contributed by atoms with E-state index in [0.29, 0.717) is 16.7 Å². The Balaban J connectivity index is 1.99. The Morgan fingerprint density at radius 3 is 2.03 bits per heavy atom. The topological polar surface area (TPSA) is 77.5 Å². The van der Waals surface area contributed by atoms with E-state index in [2.05, 4.69) is 0 Å². The molecule has 3 aromatic carbocycles. The molecule has 0 spiro atoms. The molecule has 1 atom stereocenters. The molecule has 0 aliphatic rings. The lowest BCUT2D eigenvalue weighted by molar-refractivity contribution is 0.0279. The molecule has 0 N–H and O–H groups in total. The van der Waals surface area contributed by atoms with Crippen LogP contribution in [-0.4, -0.2) is 26.4 Å². The van der Waals surface area contributed by atoms with Crippen molar-refractivity contribution in [3.63, 3.8) is 0 Å². The average Bonchev–Trinajstić information content (AvgIpc) is 2.72. The Hall–Kier alpha value is -3.25. The summed E-state index contributed by atoms with van der Waals surface area (Å²) in [5.41, 5.74) is 1.61. The standard InChI is InChI=1S/C23H20O5S/c1-16-13-14-19(29(2,26)27)15-20(16)23(25)28-22(18-11-7-4-8-12-18)21(24)17-9-5-3-6-10-17/h3-15,22H,1-2H3/t22-/m1/s1. The number of aryl methyl sites for hydroxylation is 1. The van der Waals surface area contributed by atoms with Crippen molar-refractivity contribution >= 4 is 21.6 Å². The van der Waals surface area contributed by atoms with Crippen molar-refractivity contribution in [2.75, 3.05) is 6.26 Å². The van der Waals surface area contributed by atoms with Gasteiger partial charge in [0.2, 0.25) is 5.78 Å². The number of sulfone groups is 1. The van der Waals surface area contributed by atoms with E-state index in [0.717, 1.165) is 6.26 Å². The van der Waals surface area contributed by atoms with Crippen LogP contribution in [-0.2, 0) is 14.6 Å². The summed E-state index contributed by atoms with van der Waals surface area (Å²) >= 11 is 0. The molecule has 0 amide bonds. The first-order valence-corrected chi connectivity index (χ1v) is 10.8. The Bertz CT molecular complexity index is 1140. The van der Waals surface area contributed by atoms with Crippen LogP contribution in [0.5, 0.6) is 0 Å². The summed E-state index contributed by atoms with van der Waals surface area (Å²) in [6.07, 6.45) is -0.0780. The molecule has 0 fully saturated rings. The first-order valence-electron chi connectivity index (χ1n) is 8.93. The maximum atomic E-state index is 13.1. The molecular weight excluding hydrogens is 388 g/mol. The first kappa shape index (κ1) is 20.5. The van der Waals surface area contributed by atoms with Gasteiger partial charge in [0.1, 0.15) is 0 Å². The van der Waals surface area contributed by atoms with Gasteiger partial charge in [-0.3, -0.25) is 4.79 Å². The van der Waals surface area contributed by atoms with Crippen molar-refractivity contribution in [2.45, 2.75) is 17.9 Å². The van der Waals surface area contributed by atoms with Crippen molar-refractivity contribution in [2.24, 2.45) is 0 Å². The van der Waals surface area contributed by atoms with E-state index in [4.69, 9.17) is 4.74 Å². The average molecular weight is 408 g/mol. The van der Waals surface area contributed by atoms with E-state index in [1.54, 1.807) is 73.7 Å². The van der Waals surface area contributed by atoms with Gasteiger partial charge in [0.25, 0.3) is 0 Å². The molecule has 0 bridgehead atoms. The molecule has 0 aromatic heterocycles. The molecule has 0 radical (unpaired) electrons. The lowest BCUT2D eigenvalue weighted by atomic mass is 9.99. The van der Waals surface area contributed by atoms with E-state index in [1.165, 1.54) is 12.1 Å². The van der Waals surface area contributed by atoms with Gasteiger partial charge in [-0.05, 0) is 24.6 Å². The normalized spacial score (nSPS) is 12.2. The van der Waals surface area contributed by atoms with E-state index < -0.39 is 21.9 Å². The molecule has 6 heteroatoms. The minimum absolute atomic E-state index is 0.0145. The van der Waals surface area contributed by atoms with Gasteiger partial charge < -0.3 is 4.74 Å². The van der Waals surface area contributed by atoms with Crippen LogP contribution >= 0.6 is 0 Å². The molecule has 0 aliphatic heterocycles. The highest BCUT2D eigenvalue weighted by atomic mass is 32.2. The number of ether oxygens (including phenoxy) is 1. The van der Waals surface area contributed by atoms with Crippen molar-refractivity contribution in [3.8, 4) is 0 Å². The maximum Gasteiger partial charge on any atom is 0.339 e. The molecule has 0 saturated carbocycles. The predicted octanol–water partition coefficient (Wildman–Crippen LogP) is 4.18. The van der Waals surface area contributed by atoms with Crippen LogP contribution in [0.25, 0.3) is 0 Å². The van der Waals surface area contributed by atoms with Crippen LogP contribution in [0, 0.1) is 6.92 Å². The predicted molar refractivity (Wildman–Crippen MR) is 110 cm³/mol. The van der Waals surface area contributed by atoms with Crippen LogP contribution in [0.1, 0.15) is 37.9 Å². The fourth-order valence-corrected chi connectivity index (χ4v) is 3.52. The largest absolute Gasteiger partial charge is 0.445 e. The van der Waals surface area contributed by atoms with Gasteiger partial charge in [0, 0.05) is 17.4 Å². The number of carbonyl (C=O) groups excluding carboxylic acids is 2. The summed E-state index contributed by atoms with van der Waals surface area (Å²) in [5.74, 6) is -1.12. The third kappa shape index (κ3) is 4.78. The van der Waals surface area contributed by atoms with Gasteiger partial charge in [-0.15, -0.1) is 0 Å². The number of carbonyl (C=O) groups is 2. The Morgan fingerprint density at radius 2 is 1.45 bits per heavy atom. The van der Waals surface area contributed by atoms with Crippen molar-refractivity contribution < 1.29 is 22.7 Å². The summed E-state index contributed by atoms with van der Waals surface area (Å²) in [7, 11) is -3.49. The molecule has 5 nitrogen and oxygen atoms in total. The molecule has 0 unspecified atom stereocenters. The Labute approximate surface area is 169 Å². The maximum absolute atomic E-state index is 13.1. The summed E-state index contributed by atoms with van der Waals surface area (Å²) in [6.45, 7) is 1.68. The highest BCUT2D eigenvalue weighted by Gasteiger charge is 2.27. The Morgan fingerprint density at radius 1 is 0.862 bits per heavy atom. The molecule has 3 aromatic rings. The third-order valence-corrected chi connectivity index (χ3v) is 5.59. The monoisotopic (exact) mass is 408 g/mol. The molecule has 0 saturated heterocycles. The molecule has 0 aliphatic carbocycles. The summed E-state index contributed by atoms with van der Waals surface area (Å²) in [6, 6.07) is 21.5. The van der Waals surface area contributed by atoms with Crippen LogP contribution < -0.4 is 0 Å². The highest BCUT2D eigenvalue weighted by molar-refractivity contribution is 7.90. The van der Waals surface area contributed by atoms with Crippen molar-refractivity contribution in [3.05, 3.63) is 101 Å². The van der Waals surface area contributed by atoms with Gasteiger partial charge in [0.15, 0.2) is 15.9 Å². The second kappa shape index (κ2) is 8.41. The van der Waals surface area contributed by atoms with E-state index in [1.807, 2.05) is 0 Å². The van der Waals surface area contributed by atoms with Crippen LogP contribution in [0.4, 0.5) is 0 Å². The van der Waals surface area contributed by atoms with Gasteiger partial charge in [0.05, 0.1) is 10.5 Å². The zero-order valence-electron chi connectivity index (χ0n) is 16.0. The number of Topliss-reactive ketones (excluding diaryl/α,β-unsaturated/α-hetero) is 1. The minimum Gasteiger partial charge on any atom is -0.445 e. The van der Waals surface area contributed by atoms with Crippen LogP contribution in [0.15, 0.2) is 83.8 Å². The highest BCUT2D eigenvalue weighted by Crippen LogP contribution is 2.25. The number of hydrogen-bond donors (Lipinski definition) is 0. The fraction of sp³-hybridized carbons (Fsp3) is 0.130. The number of rotatable bonds is 6. The summed E-state index contributed by atoms with van der Waals surface area (Å²) in [4.78, 5) is 26.0. The zero-order valence-corrected chi connectivity index (χ0v) is 16.8. The van der Waals surface area contributed by atoms with Gasteiger partial charge in [-0.25, -0.2) is 13.2 Å². The van der Waals surface area contributed by atoms with Crippen molar-refractivity contribution in [1.29, 1.82) is 0 Å². The number of esters is 1. The molecule has 0 heterocycles. The first-order chi connectivity index (χ1) is 13.8. The Kier molecular flexibility index (Phi) is 5.94. The lowest BCUT2D eigenvalue weighted by Gasteiger charge is -2.18. The second-order valence-corrected chi connectivity index (χ2v) is 8.69. The fourth-order valence-electron chi connectivity index (χ4n) is 2.88. The number of benzene rings is 3. The van der Waals surface area contributed by atoms with Crippen molar-refractivity contribution in [1.82, 2.24) is 0 Å². The summed E-state index contributed by atoms with van der Waals surface area (Å²) in [5, 5.41) is 0. The molecular formula is C23H20O5S. The lowest BCUT2D eigenvalue weighted by Crippen LogP contribution is -2.21. The zero-order chi connectivity index (χ0) is 21.0. The van der Waals surface area contributed by atoms with Crippen LogP contribution in [0.2, 0.25) is 0 Å². The van der Waals surface area contributed by atoms with Gasteiger partial charge in [-0.1, -0.05) is 66.7 Å².